The van der Waals surface area contributed by atoms with Crippen LogP contribution in [-0.2, 0) is 7.05 Å². The molecule has 0 N–H and O–H groups in total. The number of fused-ring (bicyclic) bond motifs is 2. The number of hydrogen-bond acceptors (Lipinski definition) is 4. The molecule has 4 heterocycles. The quantitative estimate of drug-likeness (QED) is 0.481. The number of aromatic nitrogens is 5. The molecule has 1 aromatic carbocycles. The number of pyridine rings is 1. The van der Waals surface area contributed by atoms with E-state index < -0.39 is 0 Å². The minimum Gasteiger partial charge on any atom is -0.350 e. The van der Waals surface area contributed by atoms with Gasteiger partial charge in [-0.1, -0.05) is 11.3 Å². The van der Waals surface area contributed by atoms with Crippen LogP contribution >= 0.6 is 11.3 Å². The molecule has 0 fully saturated rings. The number of benzene rings is 1. The van der Waals surface area contributed by atoms with Crippen molar-refractivity contribution in [1.82, 2.24) is 24.1 Å². The number of aryl methyl sites for hydroxylation is 1. The second-order valence-electron chi connectivity index (χ2n) is 5.82. The van der Waals surface area contributed by atoms with Gasteiger partial charge in [-0.15, -0.1) is 0 Å². The molecule has 25 heavy (non-hydrogen) atoms. The summed E-state index contributed by atoms with van der Waals surface area (Å²) in [7, 11) is 1.95. The van der Waals surface area contributed by atoms with Crippen LogP contribution in [0.2, 0.25) is 0 Å². The molecule has 7 heteroatoms. The molecule has 0 radical (unpaired) electrons. The Morgan fingerprint density at radius 1 is 1.16 bits per heavy atom. The Kier molecular flexibility index (Phi) is 2.98. The van der Waals surface area contributed by atoms with Crippen LogP contribution in [0.4, 0.5) is 4.39 Å². The minimum absolute atomic E-state index is 0.250. The summed E-state index contributed by atoms with van der Waals surface area (Å²) in [5.74, 6) is -0.250. The summed E-state index contributed by atoms with van der Waals surface area (Å²) in [6, 6.07) is 8.66. The van der Waals surface area contributed by atoms with E-state index in [1.807, 2.05) is 36.1 Å². The molecule has 0 atom stereocenters. The summed E-state index contributed by atoms with van der Waals surface area (Å²) in [5, 5.41) is 6.31. The van der Waals surface area contributed by atoms with Crippen LogP contribution in [0.25, 0.3) is 37.7 Å². The zero-order chi connectivity index (χ0) is 17.0. The monoisotopic (exact) mass is 349 g/mol. The van der Waals surface area contributed by atoms with Crippen LogP contribution < -0.4 is 0 Å². The van der Waals surface area contributed by atoms with Gasteiger partial charge in [0.1, 0.15) is 10.8 Å². The van der Waals surface area contributed by atoms with Gasteiger partial charge in [-0.2, -0.15) is 5.10 Å². The molecule has 122 valence electrons. The summed E-state index contributed by atoms with van der Waals surface area (Å²) in [5.41, 5.74) is 3.67. The third-order valence-electron chi connectivity index (χ3n) is 4.18. The molecule has 0 aliphatic heterocycles. The first-order chi connectivity index (χ1) is 12.2. The molecule has 4 aromatic heterocycles. The third-order valence-corrected chi connectivity index (χ3v) is 5.14. The minimum atomic E-state index is -0.250. The molecule has 0 aliphatic rings. The first kappa shape index (κ1) is 14.3. The number of halogens is 1. The van der Waals surface area contributed by atoms with Gasteiger partial charge < -0.3 is 4.57 Å². The molecular formula is C18H12FN5S. The number of nitrogens with zero attached hydrogens (tertiary/aromatic N) is 5. The van der Waals surface area contributed by atoms with E-state index in [9.17, 15) is 4.39 Å². The number of hydrogen-bond donors (Lipinski definition) is 0. The van der Waals surface area contributed by atoms with Gasteiger partial charge in [0.2, 0.25) is 4.96 Å². The molecule has 0 unspecified atom stereocenters. The average Bonchev–Trinajstić information content (AvgIpc) is 3.27. The normalized spacial score (nSPS) is 11.6. The summed E-state index contributed by atoms with van der Waals surface area (Å²) < 4.78 is 17.4. The zero-order valence-corrected chi connectivity index (χ0v) is 14.0. The van der Waals surface area contributed by atoms with Gasteiger partial charge in [-0.05, 0) is 30.3 Å². The largest absolute Gasteiger partial charge is 0.350 e. The number of imidazole rings is 1. The summed E-state index contributed by atoms with van der Waals surface area (Å²) in [6.45, 7) is 0. The Morgan fingerprint density at radius 3 is 2.88 bits per heavy atom. The predicted molar refractivity (Wildman–Crippen MR) is 96.0 cm³/mol. The first-order valence-electron chi connectivity index (χ1n) is 7.70. The third kappa shape index (κ3) is 2.24. The van der Waals surface area contributed by atoms with E-state index in [1.54, 1.807) is 29.0 Å². The molecule has 5 rings (SSSR count). The van der Waals surface area contributed by atoms with E-state index in [-0.39, 0.29) is 5.82 Å². The van der Waals surface area contributed by atoms with Crippen molar-refractivity contribution in [2.75, 3.05) is 0 Å². The Labute approximate surface area is 146 Å². The van der Waals surface area contributed by atoms with E-state index in [0.717, 1.165) is 37.7 Å². The predicted octanol–water partition coefficient (Wildman–Crippen LogP) is 4.15. The average molecular weight is 349 g/mol. The maximum absolute atomic E-state index is 13.7. The Morgan fingerprint density at radius 2 is 2.08 bits per heavy atom. The van der Waals surface area contributed by atoms with E-state index >= 15 is 0 Å². The smallest absolute Gasteiger partial charge is 0.213 e. The molecule has 5 aromatic rings. The van der Waals surface area contributed by atoms with Crippen LogP contribution in [0, 0.1) is 5.82 Å². The van der Waals surface area contributed by atoms with Crippen LogP contribution in [0.3, 0.4) is 0 Å². The molecule has 0 amide bonds. The van der Waals surface area contributed by atoms with Gasteiger partial charge in [0.25, 0.3) is 0 Å². The van der Waals surface area contributed by atoms with Crippen molar-refractivity contribution < 1.29 is 4.39 Å². The van der Waals surface area contributed by atoms with Crippen molar-refractivity contribution in [2.24, 2.45) is 7.05 Å². The summed E-state index contributed by atoms with van der Waals surface area (Å²) in [6.07, 6.45) is 7.38. The second-order valence-corrected chi connectivity index (χ2v) is 6.77. The second kappa shape index (κ2) is 5.22. The van der Waals surface area contributed by atoms with Gasteiger partial charge in [0.05, 0.1) is 11.9 Å². The van der Waals surface area contributed by atoms with Crippen molar-refractivity contribution in [3.8, 4) is 21.8 Å². The van der Waals surface area contributed by atoms with E-state index in [1.165, 1.54) is 17.4 Å². The van der Waals surface area contributed by atoms with Crippen molar-refractivity contribution in [1.29, 1.82) is 0 Å². The van der Waals surface area contributed by atoms with Crippen LogP contribution in [0.1, 0.15) is 0 Å². The Balaban J connectivity index is 1.65. The van der Waals surface area contributed by atoms with Crippen LogP contribution in [0.5, 0.6) is 0 Å². The Hall–Kier alpha value is -3.06. The standard InChI is InChI=1S/C18H12FN5S/c1-23-9-14(13-7-12(19)4-5-16(13)23)17-22-24-10-15(21-18(24)25-17)11-3-2-6-20-8-11/h2-10H,1H3. The summed E-state index contributed by atoms with van der Waals surface area (Å²) >= 11 is 1.48. The summed E-state index contributed by atoms with van der Waals surface area (Å²) in [4.78, 5) is 9.55. The van der Waals surface area contributed by atoms with Crippen molar-refractivity contribution in [3.05, 3.63) is 60.9 Å². The lowest BCUT2D eigenvalue weighted by molar-refractivity contribution is 0.629. The molecule has 5 nitrogen and oxygen atoms in total. The molecule has 0 saturated heterocycles. The van der Waals surface area contributed by atoms with Gasteiger partial charge in [0.15, 0.2) is 0 Å². The van der Waals surface area contributed by atoms with Crippen LogP contribution in [-0.4, -0.2) is 24.1 Å². The zero-order valence-electron chi connectivity index (χ0n) is 13.2. The fraction of sp³-hybridized carbons (Fsp3) is 0.0556. The highest BCUT2D eigenvalue weighted by molar-refractivity contribution is 7.20. The lowest BCUT2D eigenvalue weighted by Gasteiger charge is -1.95. The van der Waals surface area contributed by atoms with Crippen molar-refractivity contribution in [2.45, 2.75) is 0 Å². The van der Waals surface area contributed by atoms with Gasteiger partial charge >= 0.3 is 0 Å². The molecule has 0 aliphatic carbocycles. The fourth-order valence-electron chi connectivity index (χ4n) is 3.00. The van der Waals surface area contributed by atoms with Gasteiger partial charge in [-0.25, -0.2) is 13.9 Å². The van der Waals surface area contributed by atoms with Gasteiger partial charge in [-0.3, -0.25) is 4.98 Å². The molecule has 0 spiro atoms. The topological polar surface area (TPSA) is 48.0 Å². The number of rotatable bonds is 2. The highest BCUT2D eigenvalue weighted by Gasteiger charge is 2.16. The molecular weight excluding hydrogens is 337 g/mol. The Bertz CT molecular complexity index is 1190. The maximum Gasteiger partial charge on any atom is 0.213 e. The van der Waals surface area contributed by atoms with Crippen LogP contribution in [0.15, 0.2) is 55.1 Å². The van der Waals surface area contributed by atoms with Crippen molar-refractivity contribution in [3.63, 3.8) is 0 Å². The fourth-order valence-corrected chi connectivity index (χ4v) is 3.90. The first-order valence-corrected chi connectivity index (χ1v) is 8.52. The molecule has 0 saturated carbocycles. The van der Waals surface area contributed by atoms with E-state index in [4.69, 9.17) is 0 Å². The lowest BCUT2D eigenvalue weighted by Crippen LogP contribution is -1.83. The molecule has 0 bridgehead atoms. The highest BCUT2D eigenvalue weighted by atomic mass is 32.1. The maximum atomic E-state index is 13.7. The van der Waals surface area contributed by atoms with Crippen molar-refractivity contribution >= 4 is 27.2 Å². The SMILES string of the molecule is Cn1cc(-c2nn3cc(-c4cccnc4)nc3s2)c2cc(F)ccc21. The van der Waals surface area contributed by atoms with Gasteiger partial charge in [0, 0.05) is 47.7 Å². The highest BCUT2D eigenvalue weighted by Crippen LogP contribution is 2.34. The van der Waals surface area contributed by atoms with E-state index in [0.29, 0.717) is 0 Å². The van der Waals surface area contributed by atoms with E-state index in [2.05, 4.69) is 15.1 Å². The lowest BCUT2D eigenvalue weighted by atomic mass is 10.2.